The third kappa shape index (κ3) is 18.7. The summed E-state index contributed by atoms with van der Waals surface area (Å²) < 4.78 is 87.5. The van der Waals surface area contributed by atoms with Gasteiger partial charge in [0.15, 0.2) is 29.5 Å². The van der Waals surface area contributed by atoms with E-state index in [2.05, 4.69) is 44.6 Å². The predicted octanol–water partition coefficient (Wildman–Crippen LogP) is 7.60. The number of hydrogen-bond acceptors (Lipinski definition) is 21. The lowest BCUT2D eigenvalue weighted by Crippen LogP contribution is -2.32. The lowest BCUT2D eigenvalue weighted by Gasteiger charge is -2.31. The predicted molar refractivity (Wildman–Crippen MR) is 320 cm³/mol. The summed E-state index contributed by atoms with van der Waals surface area (Å²) >= 11 is 19.4. The maximum atomic E-state index is 11.7. The minimum absolute atomic E-state index is 0.0374. The Hall–Kier alpha value is -5.70. The number of ether oxygens (including phenoxy) is 3. The summed E-state index contributed by atoms with van der Waals surface area (Å²) in [5, 5.41) is 1.68. The molecule has 3 aliphatic heterocycles. The van der Waals surface area contributed by atoms with Crippen molar-refractivity contribution >= 4 is 99.6 Å². The van der Waals surface area contributed by atoms with Crippen LogP contribution in [0, 0.1) is 20.8 Å². The lowest BCUT2D eigenvalue weighted by molar-refractivity contribution is 0.134. The first-order valence-corrected chi connectivity index (χ1v) is 33.2. The molecular weight excluding hydrogens is 1160 g/mol. The van der Waals surface area contributed by atoms with Crippen LogP contribution < -0.4 is 31.9 Å². The molecule has 21 nitrogen and oxygen atoms in total. The summed E-state index contributed by atoms with van der Waals surface area (Å²) in [5.74, 6) is 2.65. The highest BCUT2D eigenvalue weighted by Crippen LogP contribution is 2.37. The van der Waals surface area contributed by atoms with E-state index in [0.29, 0.717) is 108 Å². The molecule has 438 valence electrons. The van der Waals surface area contributed by atoms with Gasteiger partial charge < -0.3 is 46.1 Å². The number of benzene rings is 3. The van der Waals surface area contributed by atoms with E-state index in [-0.39, 0.29) is 53.2 Å². The van der Waals surface area contributed by atoms with Gasteiger partial charge in [-0.2, -0.15) is 15.0 Å². The Balaban J connectivity index is 0.000000175. The maximum Gasteiger partial charge on any atom is 0.222 e. The minimum atomic E-state index is -3.15. The van der Waals surface area contributed by atoms with Crippen molar-refractivity contribution in [1.82, 2.24) is 29.9 Å². The molecule has 3 fully saturated rings. The van der Waals surface area contributed by atoms with E-state index < -0.39 is 29.5 Å². The Bertz CT molecular complexity index is 3110. The van der Waals surface area contributed by atoms with Crippen LogP contribution in [0.15, 0.2) is 72.8 Å². The van der Waals surface area contributed by atoms with Gasteiger partial charge >= 0.3 is 0 Å². The van der Waals surface area contributed by atoms with Gasteiger partial charge in [0.25, 0.3) is 0 Å². The van der Waals surface area contributed by atoms with Crippen molar-refractivity contribution < 1.29 is 39.5 Å². The topological polar surface area (TPSA) is 295 Å². The molecule has 6 heterocycles. The summed E-state index contributed by atoms with van der Waals surface area (Å²) in [7, 11) is -9.44. The van der Waals surface area contributed by atoms with Crippen LogP contribution in [-0.2, 0) is 61.0 Å². The fraction of sp³-hybridized carbons (Fsp3) is 0.444. The molecule has 3 saturated heterocycles. The molecule has 3 aromatic carbocycles. The normalized spacial score (nSPS) is 18.3. The van der Waals surface area contributed by atoms with Crippen LogP contribution >= 0.6 is 34.8 Å². The Labute approximate surface area is 489 Å². The van der Waals surface area contributed by atoms with E-state index in [1.54, 1.807) is 36.4 Å². The Kier molecular flexibility index (Phi) is 21.4. The second-order valence-electron chi connectivity index (χ2n) is 20.4. The number of nitrogen functional groups attached to an aromatic ring is 3. The van der Waals surface area contributed by atoms with Gasteiger partial charge in [-0.15, -0.1) is 0 Å². The van der Waals surface area contributed by atoms with Gasteiger partial charge in [0.2, 0.25) is 17.8 Å². The average Bonchev–Trinajstić information content (AvgIpc) is 3.95. The fourth-order valence-corrected chi connectivity index (χ4v) is 12.9. The molecule has 0 aliphatic carbocycles. The van der Waals surface area contributed by atoms with E-state index in [0.717, 1.165) is 53.0 Å². The number of aromatic nitrogens is 6. The van der Waals surface area contributed by atoms with Crippen molar-refractivity contribution in [3.05, 3.63) is 138 Å². The molecular formula is C54H69Cl3N12O9S3. The first-order valence-electron chi connectivity index (χ1n) is 25.9. The molecule has 3 aliphatic rings. The lowest BCUT2D eigenvalue weighted by atomic mass is 10.0. The van der Waals surface area contributed by atoms with Crippen molar-refractivity contribution in [2.45, 2.75) is 75.4 Å². The number of hydrogen-bond donors (Lipinski definition) is 3. The highest BCUT2D eigenvalue weighted by atomic mass is 35.5. The van der Waals surface area contributed by atoms with Crippen LogP contribution in [0.4, 0.5) is 35.3 Å². The van der Waals surface area contributed by atoms with Crippen LogP contribution in [0.25, 0.3) is 0 Å². The number of anilines is 6. The van der Waals surface area contributed by atoms with Crippen molar-refractivity contribution in [1.29, 1.82) is 0 Å². The SMILES string of the molecule is Cc1cc(N2CCCOCC2c2cc(CS(C)(=O)=O)ccc2Cl)nc(N)n1.Cc1cc(N2CCCOC[C@@H]2c2cc(CS(C)(=O)=O)ccc2Cl)nc(N)n1.Cc1cc(N2CCCOC[C@H]2c2cc(CS(C)(=O)=O)ccc2Cl)nc(N)n1. The first kappa shape index (κ1) is 62.9. The zero-order valence-electron chi connectivity index (χ0n) is 46.1. The van der Waals surface area contributed by atoms with Crippen molar-refractivity contribution in [3.8, 4) is 0 Å². The van der Waals surface area contributed by atoms with E-state index in [1.807, 2.05) is 57.2 Å². The highest BCUT2D eigenvalue weighted by molar-refractivity contribution is 7.90. The summed E-state index contributed by atoms with van der Waals surface area (Å²) in [6, 6.07) is 21.0. The maximum absolute atomic E-state index is 11.7. The molecule has 0 radical (unpaired) electrons. The van der Waals surface area contributed by atoms with Gasteiger partial charge in [0.1, 0.15) is 17.5 Å². The smallest absolute Gasteiger partial charge is 0.222 e. The zero-order valence-corrected chi connectivity index (χ0v) is 50.8. The highest BCUT2D eigenvalue weighted by Gasteiger charge is 2.31. The molecule has 81 heavy (non-hydrogen) atoms. The number of nitrogens with zero attached hydrogens (tertiary/aromatic N) is 9. The van der Waals surface area contributed by atoms with E-state index in [1.165, 1.54) is 18.8 Å². The second-order valence-corrected chi connectivity index (χ2v) is 28.0. The zero-order chi connectivity index (χ0) is 58.8. The number of rotatable bonds is 12. The molecule has 0 spiro atoms. The van der Waals surface area contributed by atoms with Gasteiger partial charge in [-0.05, 0) is 91.6 Å². The Morgan fingerprint density at radius 1 is 0.444 bits per heavy atom. The second kappa shape index (κ2) is 27.6. The Morgan fingerprint density at radius 2 is 0.704 bits per heavy atom. The van der Waals surface area contributed by atoms with Crippen molar-refractivity contribution in [3.63, 3.8) is 0 Å². The number of aryl methyl sites for hydroxylation is 3. The van der Waals surface area contributed by atoms with Crippen LogP contribution in [0.1, 0.15) is 87.9 Å². The molecule has 0 amide bonds. The summed E-state index contributed by atoms with van der Waals surface area (Å²) in [4.78, 5) is 31.9. The van der Waals surface area contributed by atoms with Gasteiger partial charge in [-0.25, -0.2) is 40.2 Å². The third-order valence-corrected chi connectivity index (χ3v) is 16.6. The van der Waals surface area contributed by atoms with Crippen LogP contribution in [0.3, 0.4) is 0 Å². The van der Waals surface area contributed by atoms with Crippen molar-refractivity contribution in [2.24, 2.45) is 0 Å². The molecule has 3 atom stereocenters. The van der Waals surface area contributed by atoms with Crippen LogP contribution in [-0.4, -0.2) is 133 Å². The quantitative estimate of drug-likeness (QED) is 0.106. The molecule has 6 N–H and O–H groups in total. The van der Waals surface area contributed by atoms with Gasteiger partial charge in [-0.3, -0.25) is 0 Å². The van der Waals surface area contributed by atoms with E-state index in [4.69, 9.17) is 66.2 Å². The first-order chi connectivity index (χ1) is 38.2. The molecule has 6 aromatic rings. The van der Waals surface area contributed by atoms with E-state index >= 15 is 0 Å². The summed E-state index contributed by atoms with van der Waals surface area (Å²) in [5.41, 5.74) is 24.4. The third-order valence-electron chi connectivity index (χ3n) is 13.0. The van der Waals surface area contributed by atoms with Crippen LogP contribution in [0.5, 0.6) is 0 Å². The van der Waals surface area contributed by atoms with Gasteiger partial charge in [0, 0.05) is 109 Å². The molecule has 0 bridgehead atoms. The number of nitrogens with two attached hydrogens (primary N) is 3. The fourth-order valence-electron chi connectivity index (χ4n) is 9.82. The number of sulfone groups is 3. The number of halogens is 3. The van der Waals surface area contributed by atoms with Gasteiger partial charge in [-0.1, -0.05) is 71.2 Å². The summed E-state index contributed by atoms with van der Waals surface area (Å²) in [6.45, 7) is 10.9. The molecule has 3 aromatic heterocycles. The largest absolute Gasteiger partial charge is 0.379 e. The minimum Gasteiger partial charge on any atom is -0.379 e. The molecule has 9 rings (SSSR count). The molecule has 27 heteroatoms. The van der Waals surface area contributed by atoms with Crippen LogP contribution in [0.2, 0.25) is 15.1 Å². The average molecular weight is 1230 g/mol. The Morgan fingerprint density at radius 3 is 0.938 bits per heavy atom. The van der Waals surface area contributed by atoms with Crippen molar-refractivity contribution in [2.75, 3.05) is 110 Å². The molecule has 1 unspecified atom stereocenters. The van der Waals surface area contributed by atoms with E-state index in [9.17, 15) is 25.3 Å². The standard InChI is InChI=1S/3C18H23ClN4O3S/c3*1-12-8-17(22-18(20)21-12)23-6-3-7-26-10-16(23)14-9-13(4-5-15(14)19)11-27(2,24)25/h3*4-5,8-9,16H,3,6-7,10-11H2,1-2H3,(H2,20,21,22)/t2*16-;/m10./s1. The molecule has 0 saturated carbocycles. The monoisotopic (exact) mass is 1230 g/mol. The van der Waals surface area contributed by atoms with Gasteiger partial charge in [0.05, 0.1) is 55.2 Å². The summed E-state index contributed by atoms with van der Waals surface area (Å²) in [6.07, 6.45) is 6.15.